The molecule has 0 aliphatic carbocycles. The maximum absolute atomic E-state index is 11.3. The van der Waals surface area contributed by atoms with E-state index in [9.17, 15) is 9.59 Å². The first kappa shape index (κ1) is 15.1. The second kappa shape index (κ2) is 6.90. The lowest BCUT2D eigenvalue weighted by Gasteiger charge is -2.07. The maximum atomic E-state index is 11.3. The van der Waals surface area contributed by atoms with Gasteiger partial charge in [0.05, 0.1) is 5.56 Å². The normalized spacial score (nSPS) is 10.1. The number of carboxylic acids is 1. The molecule has 1 aromatic heterocycles. The summed E-state index contributed by atoms with van der Waals surface area (Å²) >= 11 is 1.41. The van der Waals surface area contributed by atoms with Crippen LogP contribution >= 0.6 is 11.3 Å². The molecule has 3 N–H and O–H groups in total. The smallest absolute Gasteiger partial charge is 0.336 e. The van der Waals surface area contributed by atoms with E-state index in [1.165, 1.54) is 11.3 Å². The van der Waals surface area contributed by atoms with Gasteiger partial charge in [-0.1, -0.05) is 6.92 Å². The highest BCUT2D eigenvalue weighted by molar-refractivity contribution is 7.10. The fraction of sp³-hybridized carbons (Fsp3) is 0.200. The van der Waals surface area contributed by atoms with Crippen molar-refractivity contribution in [3.63, 3.8) is 0 Å². The summed E-state index contributed by atoms with van der Waals surface area (Å²) < 4.78 is 0. The quantitative estimate of drug-likeness (QED) is 0.764. The largest absolute Gasteiger partial charge is 0.478 e. The standard InChI is InChI=1S/C15H16N2O3S/c1-2-14(18)17-12-5-3-11(4-6-12)16-8-13-7-10(9-21-13)15(19)20/h3-7,9,16H,2,8H2,1H3,(H,17,18)(H,19,20). The molecular weight excluding hydrogens is 288 g/mol. The third kappa shape index (κ3) is 4.32. The van der Waals surface area contributed by atoms with Crippen LogP contribution in [0.4, 0.5) is 11.4 Å². The second-order valence-electron chi connectivity index (χ2n) is 4.44. The summed E-state index contributed by atoms with van der Waals surface area (Å²) in [6, 6.07) is 9.06. The van der Waals surface area contributed by atoms with Gasteiger partial charge in [-0.3, -0.25) is 4.79 Å². The van der Waals surface area contributed by atoms with Crippen molar-refractivity contribution in [3.8, 4) is 0 Å². The van der Waals surface area contributed by atoms with E-state index in [0.29, 0.717) is 18.5 Å². The van der Waals surface area contributed by atoms with Crippen molar-refractivity contribution in [3.05, 3.63) is 46.2 Å². The summed E-state index contributed by atoms with van der Waals surface area (Å²) in [6.07, 6.45) is 0.449. The number of carbonyl (C=O) groups is 2. The third-order valence-corrected chi connectivity index (χ3v) is 3.79. The highest BCUT2D eigenvalue weighted by Gasteiger charge is 2.06. The number of thiophene rings is 1. The second-order valence-corrected chi connectivity index (χ2v) is 5.44. The van der Waals surface area contributed by atoms with Gasteiger partial charge in [-0.15, -0.1) is 11.3 Å². The van der Waals surface area contributed by atoms with Crippen molar-refractivity contribution in [2.45, 2.75) is 19.9 Å². The lowest BCUT2D eigenvalue weighted by Crippen LogP contribution is -2.09. The van der Waals surface area contributed by atoms with Gasteiger partial charge < -0.3 is 15.7 Å². The summed E-state index contributed by atoms with van der Waals surface area (Å²) in [5, 5.41) is 16.5. The van der Waals surface area contributed by atoms with Crippen molar-refractivity contribution >= 4 is 34.6 Å². The van der Waals surface area contributed by atoms with E-state index < -0.39 is 5.97 Å². The van der Waals surface area contributed by atoms with Gasteiger partial charge in [0, 0.05) is 34.6 Å². The Morgan fingerprint density at radius 1 is 1.19 bits per heavy atom. The Morgan fingerprint density at radius 2 is 1.86 bits per heavy atom. The Hall–Kier alpha value is -2.34. The molecule has 0 unspecified atom stereocenters. The van der Waals surface area contributed by atoms with Gasteiger partial charge in [-0.2, -0.15) is 0 Å². The maximum Gasteiger partial charge on any atom is 0.336 e. The number of hydrogen-bond donors (Lipinski definition) is 3. The molecule has 2 rings (SSSR count). The van der Waals surface area contributed by atoms with Crippen molar-refractivity contribution < 1.29 is 14.7 Å². The van der Waals surface area contributed by atoms with Crippen LogP contribution in [-0.2, 0) is 11.3 Å². The molecule has 0 aliphatic rings. The van der Waals surface area contributed by atoms with E-state index >= 15 is 0 Å². The molecule has 1 amide bonds. The number of carboxylic acid groups (broad SMARTS) is 1. The Kier molecular flexibility index (Phi) is 4.94. The van der Waals surface area contributed by atoms with Crippen LogP contribution in [0.15, 0.2) is 35.7 Å². The van der Waals surface area contributed by atoms with Crippen LogP contribution in [0.3, 0.4) is 0 Å². The Labute approximate surface area is 126 Å². The highest BCUT2D eigenvalue weighted by Crippen LogP contribution is 2.18. The molecule has 0 saturated heterocycles. The summed E-state index contributed by atoms with van der Waals surface area (Å²) in [4.78, 5) is 23.0. The first-order chi connectivity index (χ1) is 10.1. The summed E-state index contributed by atoms with van der Waals surface area (Å²) in [6.45, 7) is 2.37. The zero-order chi connectivity index (χ0) is 15.2. The van der Waals surface area contributed by atoms with Gasteiger partial charge in [-0.25, -0.2) is 4.79 Å². The average molecular weight is 304 g/mol. The molecule has 21 heavy (non-hydrogen) atoms. The molecule has 1 aromatic carbocycles. The zero-order valence-electron chi connectivity index (χ0n) is 11.6. The van der Waals surface area contributed by atoms with Crippen LogP contribution in [0.1, 0.15) is 28.6 Å². The van der Waals surface area contributed by atoms with Gasteiger partial charge in [0.2, 0.25) is 5.91 Å². The number of benzene rings is 1. The van der Waals surface area contributed by atoms with E-state index in [0.717, 1.165) is 16.3 Å². The fourth-order valence-electron chi connectivity index (χ4n) is 1.70. The Morgan fingerprint density at radius 3 is 2.43 bits per heavy atom. The molecule has 110 valence electrons. The van der Waals surface area contributed by atoms with Crippen LogP contribution < -0.4 is 10.6 Å². The molecule has 0 saturated carbocycles. The number of carbonyl (C=O) groups excluding carboxylic acids is 1. The first-order valence-electron chi connectivity index (χ1n) is 6.53. The molecule has 0 radical (unpaired) electrons. The van der Waals surface area contributed by atoms with Crippen LogP contribution in [0.5, 0.6) is 0 Å². The van der Waals surface area contributed by atoms with Crippen molar-refractivity contribution in [1.82, 2.24) is 0 Å². The minimum atomic E-state index is -0.909. The number of amides is 1. The molecule has 0 aliphatic heterocycles. The highest BCUT2D eigenvalue weighted by atomic mass is 32.1. The number of nitrogens with one attached hydrogen (secondary N) is 2. The molecule has 0 bridgehead atoms. The number of hydrogen-bond acceptors (Lipinski definition) is 4. The van der Waals surface area contributed by atoms with Gasteiger partial charge in [-0.05, 0) is 30.3 Å². The Bertz CT molecular complexity index is 635. The van der Waals surface area contributed by atoms with Crippen LogP contribution in [-0.4, -0.2) is 17.0 Å². The first-order valence-corrected chi connectivity index (χ1v) is 7.41. The minimum Gasteiger partial charge on any atom is -0.478 e. The zero-order valence-corrected chi connectivity index (χ0v) is 12.4. The molecular formula is C15H16N2O3S. The van der Waals surface area contributed by atoms with Crippen LogP contribution in [0.2, 0.25) is 0 Å². The van der Waals surface area contributed by atoms with Crippen LogP contribution in [0, 0.1) is 0 Å². The third-order valence-electron chi connectivity index (χ3n) is 2.86. The Balaban J connectivity index is 1.91. The molecule has 5 nitrogen and oxygen atoms in total. The van der Waals surface area contributed by atoms with E-state index in [4.69, 9.17) is 5.11 Å². The van der Waals surface area contributed by atoms with Gasteiger partial charge >= 0.3 is 5.97 Å². The minimum absolute atomic E-state index is 0.0181. The molecule has 2 aromatic rings. The summed E-state index contributed by atoms with van der Waals surface area (Å²) in [5.41, 5.74) is 1.99. The number of anilines is 2. The van der Waals surface area contributed by atoms with E-state index in [-0.39, 0.29) is 5.91 Å². The van der Waals surface area contributed by atoms with E-state index in [1.807, 2.05) is 24.3 Å². The lowest BCUT2D eigenvalue weighted by atomic mass is 10.2. The lowest BCUT2D eigenvalue weighted by molar-refractivity contribution is -0.115. The van der Waals surface area contributed by atoms with Gasteiger partial charge in [0.25, 0.3) is 0 Å². The fourth-order valence-corrected chi connectivity index (χ4v) is 2.49. The topological polar surface area (TPSA) is 78.4 Å². The van der Waals surface area contributed by atoms with E-state index in [1.54, 1.807) is 18.4 Å². The molecule has 6 heteroatoms. The summed E-state index contributed by atoms with van der Waals surface area (Å²) in [5.74, 6) is -0.927. The molecule has 0 fully saturated rings. The van der Waals surface area contributed by atoms with Crippen molar-refractivity contribution in [1.29, 1.82) is 0 Å². The van der Waals surface area contributed by atoms with Crippen molar-refractivity contribution in [2.75, 3.05) is 10.6 Å². The molecule has 0 atom stereocenters. The van der Waals surface area contributed by atoms with Gasteiger partial charge in [0.15, 0.2) is 0 Å². The SMILES string of the molecule is CCC(=O)Nc1ccc(NCc2cc(C(=O)O)cs2)cc1. The summed E-state index contributed by atoms with van der Waals surface area (Å²) in [7, 11) is 0. The monoisotopic (exact) mass is 304 g/mol. The molecule has 1 heterocycles. The van der Waals surface area contributed by atoms with Gasteiger partial charge in [0.1, 0.15) is 0 Å². The van der Waals surface area contributed by atoms with Crippen LogP contribution in [0.25, 0.3) is 0 Å². The molecule has 0 spiro atoms. The van der Waals surface area contributed by atoms with Crippen molar-refractivity contribution in [2.24, 2.45) is 0 Å². The average Bonchev–Trinajstić information content (AvgIpc) is 2.95. The number of rotatable bonds is 6. The predicted octanol–water partition coefficient (Wildman–Crippen LogP) is 3.41. The number of aromatic carboxylic acids is 1. The van der Waals surface area contributed by atoms with E-state index in [2.05, 4.69) is 10.6 Å². The predicted molar refractivity (Wildman–Crippen MR) is 84.0 cm³/mol.